The van der Waals surface area contributed by atoms with Crippen LogP contribution in [0.4, 0.5) is 4.39 Å². The zero-order valence-electron chi connectivity index (χ0n) is 8.00. The minimum atomic E-state index is -0.592. The molecule has 1 aromatic carbocycles. The highest BCUT2D eigenvalue weighted by atomic mass is 79.9. The van der Waals surface area contributed by atoms with Gasteiger partial charge < -0.3 is 9.84 Å². The molecule has 2 atom stereocenters. The predicted molar refractivity (Wildman–Crippen MR) is 55.9 cm³/mol. The normalized spacial score (nSPS) is 14.9. The molecule has 78 valence electrons. The number of benzene rings is 1. The minimum Gasteiger partial charge on any atom is -0.487 e. The van der Waals surface area contributed by atoms with Crippen molar-refractivity contribution in [1.29, 1.82) is 0 Å². The third-order valence-corrected chi connectivity index (χ3v) is 2.54. The van der Waals surface area contributed by atoms with Crippen LogP contribution in [0, 0.1) is 5.82 Å². The van der Waals surface area contributed by atoms with Gasteiger partial charge >= 0.3 is 0 Å². The Balaban J connectivity index is 2.80. The summed E-state index contributed by atoms with van der Waals surface area (Å²) in [5, 5.41) is 9.21. The van der Waals surface area contributed by atoms with E-state index in [9.17, 15) is 9.50 Å². The Hall–Kier alpha value is -0.610. The SMILES string of the molecule is CC(O)C(C)Oc1cc(F)ccc1Br. The van der Waals surface area contributed by atoms with Gasteiger partial charge in [0.05, 0.1) is 10.6 Å². The first-order valence-electron chi connectivity index (χ1n) is 4.30. The summed E-state index contributed by atoms with van der Waals surface area (Å²) in [6.45, 7) is 3.35. The van der Waals surface area contributed by atoms with Crippen LogP contribution in [0.1, 0.15) is 13.8 Å². The molecule has 1 N–H and O–H groups in total. The van der Waals surface area contributed by atoms with Gasteiger partial charge in [-0.3, -0.25) is 0 Å². The van der Waals surface area contributed by atoms with Crippen molar-refractivity contribution in [2.45, 2.75) is 26.1 Å². The molecule has 14 heavy (non-hydrogen) atoms. The smallest absolute Gasteiger partial charge is 0.136 e. The van der Waals surface area contributed by atoms with Gasteiger partial charge in [-0.15, -0.1) is 0 Å². The predicted octanol–water partition coefficient (Wildman–Crippen LogP) is 2.74. The second kappa shape index (κ2) is 4.75. The summed E-state index contributed by atoms with van der Waals surface area (Å²) >= 11 is 3.23. The van der Waals surface area contributed by atoms with E-state index in [0.29, 0.717) is 10.2 Å². The summed E-state index contributed by atoms with van der Waals surface area (Å²) in [7, 11) is 0. The van der Waals surface area contributed by atoms with Crippen LogP contribution in [0.25, 0.3) is 0 Å². The van der Waals surface area contributed by atoms with E-state index in [-0.39, 0.29) is 11.9 Å². The van der Waals surface area contributed by atoms with E-state index in [2.05, 4.69) is 15.9 Å². The molecule has 0 aliphatic heterocycles. The highest BCUT2D eigenvalue weighted by Crippen LogP contribution is 2.26. The van der Waals surface area contributed by atoms with Gasteiger partial charge in [0.25, 0.3) is 0 Å². The molecule has 0 bridgehead atoms. The number of halogens is 2. The molecule has 0 fully saturated rings. The van der Waals surface area contributed by atoms with Crippen molar-refractivity contribution in [3.05, 3.63) is 28.5 Å². The van der Waals surface area contributed by atoms with Crippen LogP contribution in [0.2, 0.25) is 0 Å². The zero-order chi connectivity index (χ0) is 10.7. The highest BCUT2D eigenvalue weighted by Gasteiger charge is 2.12. The first-order chi connectivity index (χ1) is 6.50. The highest BCUT2D eigenvalue weighted by molar-refractivity contribution is 9.10. The van der Waals surface area contributed by atoms with Gasteiger partial charge in [-0.25, -0.2) is 4.39 Å². The lowest BCUT2D eigenvalue weighted by Gasteiger charge is -2.18. The Labute approximate surface area is 90.8 Å². The summed E-state index contributed by atoms with van der Waals surface area (Å²) in [6, 6.07) is 4.19. The molecule has 4 heteroatoms. The molecule has 1 rings (SSSR count). The van der Waals surface area contributed by atoms with Crippen LogP contribution in [-0.2, 0) is 0 Å². The Bertz CT molecular complexity index is 315. The summed E-state index contributed by atoms with van der Waals surface area (Å²) in [5.41, 5.74) is 0. The van der Waals surface area contributed by atoms with Crippen molar-refractivity contribution < 1.29 is 14.2 Å². The van der Waals surface area contributed by atoms with Gasteiger partial charge in [0.15, 0.2) is 0 Å². The molecule has 2 unspecified atom stereocenters. The molecule has 0 saturated heterocycles. The third kappa shape index (κ3) is 2.96. The molecule has 1 aromatic rings. The number of aliphatic hydroxyl groups is 1. The molecule has 0 spiro atoms. The van der Waals surface area contributed by atoms with Crippen molar-refractivity contribution in [2.24, 2.45) is 0 Å². The molecule has 0 heterocycles. The maximum absolute atomic E-state index is 12.8. The van der Waals surface area contributed by atoms with Gasteiger partial charge in [-0.1, -0.05) is 0 Å². The van der Waals surface area contributed by atoms with Crippen LogP contribution >= 0.6 is 15.9 Å². The molecule has 2 nitrogen and oxygen atoms in total. The summed E-state index contributed by atoms with van der Waals surface area (Å²) in [4.78, 5) is 0. The molecule has 0 aliphatic rings. The maximum atomic E-state index is 12.8. The van der Waals surface area contributed by atoms with Gasteiger partial charge in [-0.05, 0) is 41.9 Å². The Morgan fingerprint density at radius 3 is 2.64 bits per heavy atom. The summed E-state index contributed by atoms with van der Waals surface area (Å²) in [6.07, 6.45) is -0.960. The largest absolute Gasteiger partial charge is 0.487 e. The van der Waals surface area contributed by atoms with E-state index in [4.69, 9.17) is 4.74 Å². The van der Waals surface area contributed by atoms with Crippen molar-refractivity contribution >= 4 is 15.9 Å². The van der Waals surface area contributed by atoms with Gasteiger partial charge in [0.1, 0.15) is 17.7 Å². The first kappa shape index (κ1) is 11.5. The zero-order valence-corrected chi connectivity index (χ0v) is 9.58. The topological polar surface area (TPSA) is 29.5 Å². The van der Waals surface area contributed by atoms with Crippen molar-refractivity contribution in [3.8, 4) is 5.75 Å². The molecule has 0 aliphatic carbocycles. The quantitative estimate of drug-likeness (QED) is 0.908. The van der Waals surface area contributed by atoms with Crippen LogP contribution in [-0.4, -0.2) is 17.3 Å². The van der Waals surface area contributed by atoms with E-state index in [1.165, 1.54) is 12.1 Å². The maximum Gasteiger partial charge on any atom is 0.136 e. The lowest BCUT2D eigenvalue weighted by Crippen LogP contribution is -2.25. The van der Waals surface area contributed by atoms with Gasteiger partial charge in [0, 0.05) is 6.07 Å². The Morgan fingerprint density at radius 1 is 1.43 bits per heavy atom. The van der Waals surface area contributed by atoms with Crippen LogP contribution < -0.4 is 4.74 Å². The standard InChI is InChI=1S/C10H12BrFO2/c1-6(13)7(2)14-10-5-8(12)3-4-9(10)11/h3-7,13H,1-2H3. The molecule has 0 aromatic heterocycles. The van der Waals surface area contributed by atoms with E-state index in [1.807, 2.05) is 0 Å². The van der Waals surface area contributed by atoms with Crippen molar-refractivity contribution in [3.63, 3.8) is 0 Å². The van der Waals surface area contributed by atoms with Crippen molar-refractivity contribution in [1.82, 2.24) is 0 Å². The Morgan fingerprint density at radius 2 is 2.07 bits per heavy atom. The fraction of sp³-hybridized carbons (Fsp3) is 0.400. The number of rotatable bonds is 3. The van der Waals surface area contributed by atoms with E-state index in [1.54, 1.807) is 19.9 Å². The molecular weight excluding hydrogens is 251 g/mol. The molecular formula is C10H12BrFO2. The van der Waals surface area contributed by atoms with Crippen LogP contribution in [0.15, 0.2) is 22.7 Å². The summed E-state index contributed by atoms with van der Waals surface area (Å²) < 4.78 is 18.9. The summed E-state index contributed by atoms with van der Waals surface area (Å²) in [5.74, 6) is 0.0411. The van der Waals surface area contributed by atoms with Crippen molar-refractivity contribution in [2.75, 3.05) is 0 Å². The second-order valence-electron chi connectivity index (χ2n) is 3.14. The minimum absolute atomic E-state index is 0.360. The lowest BCUT2D eigenvalue weighted by atomic mass is 10.2. The lowest BCUT2D eigenvalue weighted by molar-refractivity contribution is 0.0597. The molecule has 0 saturated carbocycles. The number of ether oxygens (including phenoxy) is 1. The van der Waals surface area contributed by atoms with E-state index < -0.39 is 6.10 Å². The van der Waals surface area contributed by atoms with E-state index in [0.717, 1.165) is 0 Å². The monoisotopic (exact) mass is 262 g/mol. The number of hydrogen-bond acceptors (Lipinski definition) is 2. The second-order valence-corrected chi connectivity index (χ2v) is 3.99. The number of hydrogen-bond donors (Lipinski definition) is 1. The average Bonchev–Trinajstić information content (AvgIpc) is 2.11. The van der Waals surface area contributed by atoms with Crippen LogP contribution in [0.5, 0.6) is 5.75 Å². The third-order valence-electron chi connectivity index (χ3n) is 1.89. The number of aliphatic hydroxyl groups excluding tert-OH is 1. The van der Waals surface area contributed by atoms with E-state index >= 15 is 0 Å². The fourth-order valence-corrected chi connectivity index (χ4v) is 1.21. The molecule has 0 amide bonds. The molecule has 0 radical (unpaired) electrons. The van der Waals surface area contributed by atoms with Crippen LogP contribution in [0.3, 0.4) is 0 Å². The fourth-order valence-electron chi connectivity index (χ4n) is 0.866. The Kier molecular flexibility index (Phi) is 3.89. The average molecular weight is 263 g/mol. The first-order valence-corrected chi connectivity index (χ1v) is 5.10. The van der Waals surface area contributed by atoms with Gasteiger partial charge in [0.2, 0.25) is 0 Å². The van der Waals surface area contributed by atoms with Gasteiger partial charge in [-0.2, -0.15) is 0 Å².